The summed E-state index contributed by atoms with van der Waals surface area (Å²) in [5, 5.41) is 19.3. The molecule has 0 radical (unpaired) electrons. The SMILES string of the molecule is COCC1NC(C2CCC3C(C2)OC[C@H]3NC(=O)C2CC(CO)CCN2)NO1. The highest BCUT2D eigenvalue weighted by Gasteiger charge is 2.45. The second kappa shape index (κ2) is 9.34. The van der Waals surface area contributed by atoms with Crippen LogP contribution in [-0.2, 0) is 19.1 Å². The number of amides is 1. The Labute approximate surface area is 166 Å². The zero-order valence-electron chi connectivity index (χ0n) is 16.6. The quantitative estimate of drug-likeness (QED) is 0.390. The van der Waals surface area contributed by atoms with Crippen molar-refractivity contribution in [1.29, 1.82) is 0 Å². The van der Waals surface area contributed by atoms with Gasteiger partial charge < -0.3 is 25.2 Å². The van der Waals surface area contributed by atoms with Gasteiger partial charge in [0.1, 0.15) is 0 Å². The van der Waals surface area contributed by atoms with Crippen LogP contribution in [0, 0.1) is 17.8 Å². The first-order valence-electron chi connectivity index (χ1n) is 10.6. The second-order valence-electron chi connectivity index (χ2n) is 8.63. The average Bonchev–Trinajstić information content (AvgIpc) is 3.35. The topological polar surface area (TPSA) is 113 Å². The van der Waals surface area contributed by atoms with E-state index in [1.165, 1.54) is 0 Å². The molecule has 8 atom stereocenters. The Hall–Kier alpha value is -0.810. The number of carbonyl (C=O) groups excluding carboxylic acids is 1. The smallest absolute Gasteiger partial charge is 0.237 e. The van der Waals surface area contributed by atoms with Crippen LogP contribution in [0.3, 0.4) is 0 Å². The lowest BCUT2D eigenvalue weighted by Gasteiger charge is -2.36. The predicted octanol–water partition coefficient (Wildman–Crippen LogP) is -0.930. The van der Waals surface area contributed by atoms with Crippen molar-refractivity contribution in [3.63, 3.8) is 0 Å². The fourth-order valence-electron chi connectivity index (χ4n) is 5.17. The largest absolute Gasteiger partial charge is 0.396 e. The Morgan fingerprint density at radius 3 is 3.00 bits per heavy atom. The molecule has 0 aromatic heterocycles. The number of rotatable bonds is 6. The molecule has 9 nitrogen and oxygen atoms in total. The molecule has 28 heavy (non-hydrogen) atoms. The molecule has 7 unspecified atom stereocenters. The Bertz CT molecular complexity index is 538. The van der Waals surface area contributed by atoms with Crippen LogP contribution in [0.25, 0.3) is 0 Å². The highest BCUT2D eigenvalue weighted by molar-refractivity contribution is 5.82. The molecule has 9 heteroatoms. The maximum Gasteiger partial charge on any atom is 0.237 e. The molecule has 3 saturated heterocycles. The van der Waals surface area contributed by atoms with Gasteiger partial charge in [-0.05, 0) is 50.5 Å². The number of fused-ring (bicyclic) bond motifs is 1. The van der Waals surface area contributed by atoms with Gasteiger partial charge in [-0.2, -0.15) is 5.48 Å². The standard InChI is InChI=1S/C19H34N4O5/c1-26-10-17-22-18(23-28-17)12-2-3-13-15(9-27-16(13)7-12)21-19(25)14-6-11(8-24)4-5-20-14/h11-18,20,22-24H,2-10H2,1H3,(H,21,25)/t11?,12?,13?,14?,15-,16?,17?,18?/m1/s1. The van der Waals surface area contributed by atoms with Crippen LogP contribution in [0.5, 0.6) is 0 Å². The minimum Gasteiger partial charge on any atom is -0.396 e. The minimum absolute atomic E-state index is 0.0458. The molecule has 1 aliphatic carbocycles. The molecule has 0 spiro atoms. The van der Waals surface area contributed by atoms with Crippen molar-refractivity contribution >= 4 is 5.91 Å². The van der Waals surface area contributed by atoms with Crippen LogP contribution in [0.2, 0.25) is 0 Å². The molecule has 1 amide bonds. The number of hydroxylamine groups is 1. The molecule has 0 aromatic rings. The van der Waals surface area contributed by atoms with Gasteiger partial charge in [-0.25, -0.2) is 0 Å². The van der Waals surface area contributed by atoms with E-state index in [0.717, 1.165) is 32.2 Å². The Kier molecular flexibility index (Phi) is 6.82. The third-order valence-electron chi connectivity index (χ3n) is 6.80. The molecule has 3 aliphatic heterocycles. The fourth-order valence-corrected chi connectivity index (χ4v) is 5.17. The van der Waals surface area contributed by atoms with Gasteiger partial charge in [0, 0.05) is 19.6 Å². The van der Waals surface area contributed by atoms with Gasteiger partial charge in [-0.15, -0.1) is 0 Å². The van der Waals surface area contributed by atoms with Crippen LogP contribution in [0.1, 0.15) is 32.1 Å². The monoisotopic (exact) mass is 398 g/mol. The van der Waals surface area contributed by atoms with E-state index in [1.54, 1.807) is 7.11 Å². The van der Waals surface area contributed by atoms with Crippen molar-refractivity contribution in [1.82, 2.24) is 21.4 Å². The lowest BCUT2D eigenvalue weighted by molar-refractivity contribution is -0.125. The average molecular weight is 399 g/mol. The summed E-state index contributed by atoms with van der Waals surface area (Å²) >= 11 is 0. The lowest BCUT2D eigenvalue weighted by atomic mass is 9.76. The van der Waals surface area contributed by atoms with Gasteiger partial charge in [0.25, 0.3) is 0 Å². The number of piperidine rings is 1. The number of carbonyl (C=O) groups is 1. The normalized spacial score (nSPS) is 43.6. The van der Waals surface area contributed by atoms with E-state index in [2.05, 4.69) is 21.4 Å². The van der Waals surface area contributed by atoms with Crippen LogP contribution < -0.4 is 21.4 Å². The zero-order chi connectivity index (χ0) is 19.5. The Balaban J connectivity index is 1.26. The van der Waals surface area contributed by atoms with E-state index < -0.39 is 0 Å². The summed E-state index contributed by atoms with van der Waals surface area (Å²) in [4.78, 5) is 18.2. The molecule has 3 heterocycles. The van der Waals surface area contributed by atoms with E-state index >= 15 is 0 Å². The van der Waals surface area contributed by atoms with Crippen molar-refractivity contribution in [2.75, 3.05) is 33.5 Å². The lowest BCUT2D eigenvalue weighted by Crippen LogP contribution is -2.54. The summed E-state index contributed by atoms with van der Waals surface area (Å²) in [5.41, 5.74) is 3.09. The Morgan fingerprint density at radius 2 is 2.18 bits per heavy atom. The van der Waals surface area contributed by atoms with Gasteiger partial charge in [-0.3, -0.25) is 14.9 Å². The molecular weight excluding hydrogens is 364 g/mol. The first-order valence-corrected chi connectivity index (χ1v) is 10.6. The summed E-state index contributed by atoms with van der Waals surface area (Å²) in [6, 6.07) is -0.125. The number of aliphatic hydroxyl groups excluding tert-OH is 1. The van der Waals surface area contributed by atoms with Crippen LogP contribution in [0.15, 0.2) is 0 Å². The van der Waals surface area contributed by atoms with E-state index in [-0.39, 0.29) is 49.0 Å². The molecule has 1 saturated carbocycles. The summed E-state index contributed by atoms with van der Waals surface area (Å²) in [6.45, 7) is 2.03. The summed E-state index contributed by atoms with van der Waals surface area (Å²) < 4.78 is 11.2. The third kappa shape index (κ3) is 4.51. The number of aliphatic hydroxyl groups is 1. The molecule has 160 valence electrons. The fraction of sp³-hybridized carbons (Fsp3) is 0.947. The van der Waals surface area contributed by atoms with Gasteiger partial charge >= 0.3 is 0 Å². The highest BCUT2D eigenvalue weighted by atomic mass is 16.7. The Morgan fingerprint density at radius 1 is 1.29 bits per heavy atom. The van der Waals surface area contributed by atoms with Crippen LogP contribution in [-0.4, -0.2) is 75.1 Å². The molecule has 4 fully saturated rings. The van der Waals surface area contributed by atoms with E-state index in [0.29, 0.717) is 31.5 Å². The van der Waals surface area contributed by atoms with Gasteiger partial charge in [0.2, 0.25) is 5.91 Å². The van der Waals surface area contributed by atoms with Crippen molar-refractivity contribution in [2.45, 2.75) is 62.7 Å². The number of nitrogens with one attached hydrogen (secondary N) is 4. The van der Waals surface area contributed by atoms with Gasteiger partial charge in [-0.1, -0.05) is 0 Å². The third-order valence-corrected chi connectivity index (χ3v) is 6.80. The highest BCUT2D eigenvalue weighted by Crippen LogP contribution is 2.39. The van der Waals surface area contributed by atoms with Gasteiger partial charge in [0.05, 0.1) is 37.6 Å². The number of methoxy groups -OCH3 is 1. The number of hydrogen-bond acceptors (Lipinski definition) is 8. The van der Waals surface area contributed by atoms with Crippen molar-refractivity contribution in [2.24, 2.45) is 17.8 Å². The molecule has 5 N–H and O–H groups in total. The number of ether oxygens (including phenoxy) is 2. The maximum absolute atomic E-state index is 12.7. The van der Waals surface area contributed by atoms with E-state index in [1.807, 2.05) is 0 Å². The molecule has 4 rings (SSSR count). The second-order valence-corrected chi connectivity index (χ2v) is 8.63. The van der Waals surface area contributed by atoms with Crippen LogP contribution >= 0.6 is 0 Å². The van der Waals surface area contributed by atoms with E-state index in [9.17, 15) is 9.90 Å². The van der Waals surface area contributed by atoms with Crippen molar-refractivity contribution in [3.05, 3.63) is 0 Å². The summed E-state index contributed by atoms with van der Waals surface area (Å²) in [5.74, 6) is 1.07. The van der Waals surface area contributed by atoms with Crippen LogP contribution in [0.4, 0.5) is 0 Å². The first-order chi connectivity index (χ1) is 13.7. The first kappa shape index (κ1) is 20.5. The summed E-state index contributed by atoms with van der Waals surface area (Å²) in [7, 11) is 1.66. The summed E-state index contributed by atoms with van der Waals surface area (Å²) in [6.07, 6.45) is 4.86. The van der Waals surface area contributed by atoms with E-state index in [4.69, 9.17) is 14.3 Å². The maximum atomic E-state index is 12.7. The molecule has 0 aromatic carbocycles. The molecule has 0 bridgehead atoms. The minimum atomic E-state index is -0.206. The zero-order valence-corrected chi connectivity index (χ0v) is 16.6. The van der Waals surface area contributed by atoms with Crippen molar-refractivity contribution < 1.29 is 24.2 Å². The van der Waals surface area contributed by atoms with Gasteiger partial charge in [0.15, 0.2) is 6.23 Å². The number of hydrogen-bond donors (Lipinski definition) is 5. The predicted molar refractivity (Wildman–Crippen MR) is 101 cm³/mol. The molecule has 4 aliphatic rings. The molecular formula is C19H34N4O5. The van der Waals surface area contributed by atoms with Crippen molar-refractivity contribution in [3.8, 4) is 0 Å².